The fraction of sp³-hybridized carbons (Fsp3) is 0.793. The number of allylic oxidation sites excluding steroid dienone is 3. The van der Waals surface area contributed by atoms with Gasteiger partial charge in [-0.1, -0.05) is 44.6 Å². The van der Waals surface area contributed by atoms with Gasteiger partial charge in [-0.15, -0.1) is 0 Å². The number of rotatable bonds is 9. The van der Waals surface area contributed by atoms with Gasteiger partial charge in [0.2, 0.25) is 0 Å². The molecule has 2 saturated carbocycles. The molecule has 3 aliphatic rings. The van der Waals surface area contributed by atoms with Gasteiger partial charge in [-0.3, -0.25) is 9.59 Å². The highest BCUT2D eigenvalue weighted by Crippen LogP contribution is 2.66. The van der Waals surface area contributed by atoms with Crippen LogP contribution in [0.3, 0.4) is 0 Å². The van der Waals surface area contributed by atoms with Crippen LogP contribution >= 0.6 is 0 Å². The highest BCUT2D eigenvalue weighted by atomic mass is 16.4. The number of hydrogen-bond donors (Lipinski definition) is 2. The van der Waals surface area contributed by atoms with E-state index in [0.717, 1.165) is 32.1 Å². The van der Waals surface area contributed by atoms with E-state index in [1.54, 1.807) is 19.4 Å². The van der Waals surface area contributed by atoms with Gasteiger partial charge in [0, 0.05) is 19.3 Å². The molecule has 33 heavy (non-hydrogen) atoms. The fourth-order valence-electron chi connectivity index (χ4n) is 8.17. The fourth-order valence-corrected chi connectivity index (χ4v) is 8.17. The van der Waals surface area contributed by atoms with Gasteiger partial charge in [-0.25, -0.2) is 0 Å². The Morgan fingerprint density at radius 3 is 2.48 bits per heavy atom. The van der Waals surface area contributed by atoms with Crippen molar-refractivity contribution in [2.75, 3.05) is 0 Å². The predicted octanol–water partition coefficient (Wildman–Crippen LogP) is 6.58. The SMILES string of the molecule is C=C(C)[C@@H]1CC=C2[C@H](CC[C@@H]3[C@@H]([C@H](C)CC(=O)CC(C)(C)O)CC[C@@]23C)[C@@]1(C)CCC(=O)O. The molecule has 0 bridgehead atoms. The third-order valence-electron chi connectivity index (χ3n) is 9.68. The molecule has 0 amide bonds. The Morgan fingerprint density at radius 2 is 1.91 bits per heavy atom. The van der Waals surface area contributed by atoms with Gasteiger partial charge in [0.25, 0.3) is 0 Å². The van der Waals surface area contributed by atoms with Gasteiger partial charge in [0.05, 0.1) is 5.60 Å². The first-order chi connectivity index (χ1) is 15.2. The summed E-state index contributed by atoms with van der Waals surface area (Å²) in [6.07, 6.45) is 9.71. The first-order valence-corrected chi connectivity index (χ1v) is 13.0. The van der Waals surface area contributed by atoms with Crippen molar-refractivity contribution < 1.29 is 19.8 Å². The molecule has 0 aromatic heterocycles. The summed E-state index contributed by atoms with van der Waals surface area (Å²) in [7, 11) is 0. The maximum atomic E-state index is 12.6. The summed E-state index contributed by atoms with van der Waals surface area (Å²) in [5.41, 5.74) is 1.89. The minimum atomic E-state index is -0.938. The Hall–Kier alpha value is -1.42. The van der Waals surface area contributed by atoms with E-state index in [0.29, 0.717) is 42.4 Å². The quantitative estimate of drug-likeness (QED) is 0.383. The second kappa shape index (κ2) is 9.32. The molecule has 7 atom stereocenters. The molecule has 186 valence electrons. The number of aliphatic hydroxyl groups is 1. The lowest BCUT2D eigenvalue weighted by atomic mass is 9.48. The van der Waals surface area contributed by atoms with Crippen molar-refractivity contribution in [1.29, 1.82) is 0 Å². The molecule has 0 radical (unpaired) electrons. The van der Waals surface area contributed by atoms with Crippen molar-refractivity contribution in [2.45, 2.75) is 105 Å². The maximum Gasteiger partial charge on any atom is 0.303 e. The summed E-state index contributed by atoms with van der Waals surface area (Å²) in [5.74, 6) is 1.65. The van der Waals surface area contributed by atoms with E-state index in [4.69, 9.17) is 0 Å². The maximum absolute atomic E-state index is 12.6. The Morgan fingerprint density at radius 1 is 1.24 bits per heavy atom. The zero-order chi connectivity index (χ0) is 24.8. The normalized spacial score (nSPS) is 37.0. The van der Waals surface area contributed by atoms with E-state index in [1.165, 1.54) is 5.57 Å². The topological polar surface area (TPSA) is 74.6 Å². The molecule has 0 unspecified atom stereocenters. The summed E-state index contributed by atoms with van der Waals surface area (Å²) in [5, 5.41) is 19.5. The van der Waals surface area contributed by atoms with Crippen molar-refractivity contribution >= 4 is 11.8 Å². The first-order valence-electron chi connectivity index (χ1n) is 13.0. The third-order valence-corrected chi connectivity index (χ3v) is 9.68. The van der Waals surface area contributed by atoms with Crippen molar-refractivity contribution in [3.63, 3.8) is 0 Å². The monoisotopic (exact) mass is 458 g/mol. The minimum absolute atomic E-state index is 0.0608. The summed E-state index contributed by atoms with van der Waals surface area (Å²) in [6, 6.07) is 0. The lowest BCUT2D eigenvalue weighted by molar-refractivity contribution is -0.138. The second-order valence-corrected chi connectivity index (χ2v) is 12.8. The van der Waals surface area contributed by atoms with Crippen LogP contribution in [0.4, 0.5) is 0 Å². The number of carbonyl (C=O) groups excluding carboxylic acids is 1. The second-order valence-electron chi connectivity index (χ2n) is 12.8. The molecule has 2 N–H and O–H groups in total. The lowest BCUT2D eigenvalue weighted by Crippen LogP contribution is -2.48. The van der Waals surface area contributed by atoms with Crippen molar-refractivity contribution in [1.82, 2.24) is 0 Å². The van der Waals surface area contributed by atoms with E-state index in [9.17, 15) is 19.8 Å². The average Bonchev–Trinajstić information content (AvgIpc) is 3.02. The molecule has 0 aliphatic heterocycles. The van der Waals surface area contributed by atoms with E-state index in [1.807, 2.05) is 0 Å². The molecule has 0 aromatic carbocycles. The molecule has 3 aliphatic carbocycles. The van der Waals surface area contributed by atoms with E-state index in [-0.39, 0.29) is 29.5 Å². The van der Waals surface area contributed by atoms with Gasteiger partial charge in [0.15, 0.2) is 0 Å². The molecule has 2 fully saturated rings. The van der Waals surface area contributed by atoms with Gasteiger partial charge < -0.3 is 10.2 Å². The van der Waals surface area contributed by atoms with Crippen LogP contribution in [-0.2, 0) is 9.59 Å². The molecule has 4 nitrogen and oxygen atoms in total. The molecule has 0 spiro atoms. The molecule has 0 aromatic rings. The minimum Gasteiger partial charge on any atom is -0.481 e. The highest BCUT2D eigenvalue weighted by molar-refractivity contribution is 5.79. The molecule has 4 heteroatoms. The number of carboxylic acids is 1. The van der Waals surface area contributed by atoms with Crippen LogP contribution in [0, 0.1) is 40.4 Å². The standard InChI is InChI=1S/C29H46O4/c1-18(2)22-8-10-25-24(28(22,6)15-13-26(31)32)11-9-23-21(12-14-29(23,25)7)19(3)16-20(30)17-27(4,5)33/h10,19,21-24,33H,1,8-9,11-17H2,2-7H3,(H,31,32)/t19-,21-,22+,23-,24+,28+,29-/m1/s1. The molecule has 0 heterocycles. The number of carboxylic acid groups (broad SMARTS) is 1. The van der Waals surface area contributed by atoms with Crippen molar-refractivity contribution in [3.8, 4) is 0 Å². The summed E-state index contributed by atoms with van der Waals surface area (Å²) in [4.78, 5) is 24.1. The Labute approximate surface area is 200 Å². The van der Waals surface area contributed by atoms with Crippen LogP contribution in [-0.4, -0.2) is 27.6 Å². The number of ketones is 1. The van der Waals surface area contributed by atoms with E-state index < -0.39 is 11.6 Å². The van der Waals surface area contributed by atoms with Crippen LogP contribution in [0.15, 0.2) is 23.8 Å². The van der Waals surface area contributed by atoms with Gasteiger partial charge in [-0.2, -0.15) is 0 Å². The average molecular weight is 459 g/mol. The van der Waals surface area contributed by atoms with Gasteiger partial charge in [-0.05, 0) is 99.7 Å². The van der Waals surface area contributed by atoms with Gasteiger partial charge >= 0.3 is 5.97 Å². The van der Waals surface area contributed by atoms with E-state index >= 15 is 0 Å². The number of fused-ring (bicyclic) bond motifs is 3. The zero-order valence-electron chi connectivity index (χ0n) is 21.7. The van der Waals surface area contributed by atoms with Crippen LogP contribution in [0.25, 0.3) is 0 Å². The van der Waals surface area contributed by atoms with Crippen molar-refractivity contribution in [3.05, 3.63) is 23.8 Å². The van der Waals surface area contributed by atoms with Crippen LogP contribution in [0.2, 0.25) is 0 Å². The van der Waals surface area contributed by atoms with Crippen LogP contribution in [0.1, 0.15) is 99.3 Å². The lowest BCUT2D eigenvalue weighted by Gasteiger charge is -2.56. The Kier molecular flexibility index (Phi) is 7.40. The number of aliphatic carboxylic acids is 1. The molecular weight excluding hydrogens is 412 g/mol. The smallest absolute Gasteiger partial charge is 0.303 e. The summed E-state index contributed by atoms with van der Waals surface area (Å²) < 4.78 is 0. The molecular formula is C29H46O4. The molecule has 0 saturated heterocycles. The summed E-state index contributed by atoms with van der Waals surface area (Å²) >= 11 is 0. The predicted molar refractivity (Wildman–Crippen MR) is 133 cm³/mol. The first kappa shape index (κ1) is 26.2. The number of carbonyl (C=O) groups is 2. The van der Waals surface area contributed by atoms with E-state index in [2.05, 4.69) is 40.3 Å². The zero-order valence-corrected chi connectivity index (χ0v) is 21.7. The third kappa shape index (κ3) is 5.16. The largest absolute Gasteiger partial charge is 0.481 e. The Balaban J connectivity index is 1.82. The van der Waals surface area contributed by atoms with Crippen LogP contribution in [0.5, 0.6) is 0 Å². The highest BCUT2D eigenvalue weighted by Gasteiger charge is 2.57. The number of hydrogen-bond acceptors (Lipinski definition) is 3. The summed E-state index contributed by atoms with van der Waals surface area (Å²) in [6.45, 7) is 16.8. The molecule has 3 rings (SSSR count). The number of Topliss-reactive ketones (excluding diaryl/α,β-unsaturated/α-hetero) is 1. The van der Waals surface area contributed by atoms with Crippen molar-refractivity contribution in [2.24, 2.45) is 40.4 Å². The van der Waals surface area contributed by atoms with Crippen LogP contribution < -0.4 is 0 Å². The van der Waals surface area contributed by atoms with Gasteiger partial charge in [0.1, 0.15) is 5.78 Å². The Bertz CT molecular complexity index is 818.